The molecule has 8 heteroatoms. The molecule has 5 N–H and O–H groups in total. The molecular formula is C11H11N7S. The number of aromatic amines is 1. The Labute approximate surface area is 113 Å². The van der Waals surface area contributed by atoms with E-state index < -0.39 is 0 Å². The zero-order chi connectivity index (χ0) is 13.2. The molecule has 0 amide bonds. The van der Waals surface area contributed by atoms with Crippen LogP contribution in [-0.4, -0.2) is 25.0 Å². The van der Waals surface area contributed by atoms with E-state index >= 15 is 0 Å². The van der Waals surface area contributed by atoms with Crippen LogP contribution in [0, 0.1) is 0 Å². The normalized spacial score (nSPS) is 10.5. The first-order chi connectivity index (χ1) is 9.24. The van der Waals surface area contributed by atoms with Gasteiger partial charge in [0, 0.05) is 17.8 Å². The lowest BCUT2D eigenvalue weighted by atomic mass is 10.2. The number of aromatic nitrogens is 4. The van der Waals surface area contributed by atoms with Crippen molar-refractivity contribution in [3.63, 3.8) is 0 Å². The molecule has 0 aliphatic carbocycles. The standard InChI is InChI=1S/C11H11N7S/c12-18-8-4-2-1-3-7(8)9(17-18)15-11(19)16-10-13-5-6-14-10/h1-6H,12H2,(H3,13,14,15,16,17,19). The first kappa shape index (κ1) is 11.5. The molecular weight excluding hydrogens is 262 g/mol. The lowest BCUT2D eigenvalue weighted by Gasteiger charge is -2.05. The van der Waals surface area contributed by atoms with Crippen LogP contribution in [0.4, 0.5) is 11.8 Å². The Kier molecular flexibility index (Phi) is 2.76. The Balaban J connectivity index is 1.83. The predicted octanol–water partition coefficient (Wildman–Crippen LogP) is 1.28. The predicted molar refractivity (Wildman–Crippen MR) is 78.3 cm³/mol. The molecule has 0 aliphatic heterocycles. The van der Waals surface area contributed by atoms with E-state index in [4.69, 9.17) is 18.1 Å². The molecule has 2 aromatic heterocycles. The smallest absolute Gasteiger partial charge is 0.206 e. The fraction of sp³-hybridized carbons (Fsp3) is 0. The number of nitrogens with one attached hydrogen (secondary N) is 3. The summed E-state index contributed by atoms with van der Waals surface area (Å²) in [5.41, 5.74) is 0.825. The van der Waals surface area contributed by atoms with E-state index in [2.05, 4.69) is 25.7 Å². The largest absolute Gasteiger partial charge is 0.331 e. The maximum atomic E-state index is 5.77. The highest BCUT2D eigenvalue weighted by Gasteiger charge is 2.09. The summed E-state index contributed by atoms with van der Waals surface area (Å²) in [6, 6.07) is 7.62. The summed E-state index contributed by atoms with van der Waals surface area (Å²) in [4.78, 5) is 8.23. The topological polar surface area (TPSA) is 96.6 Å². The fourth-order valence-electron chi connectivity index (χ4n) is 1.76. The number of thiocarbonyl (C=S) groups is 1. The second-order valence-electron chi connectivity index (χ2n) is 3.83. The highest BCUT2D eigenvalue weighted by atomic mass is 32.1. The summed E-state index contributed by atoms with van der Waals surface area (Å²) >= 11 is 5.18. The Morgan fingerprint density at radius 3 is 2.95 bits per heavy atom. The van der Waals surface area contributed by atoms with Gasteiger partial charge in [-0.3, -0.25) is 0 Å². The van der Waals surface area contributed by atoms with Crippen molar-refractivity contribution in [1.29, 1.82) is 0 Å². The van der Waals surface area contributed by atoms with Gasteiger partial charge in [-0.2, -0.15) is 4.79 Å². The Morgan fingerprint density at radius 1 is 1.32 bits per heavy atom. The number of imidazole rings is 1. The summed E-state index contributed by atoms with van der Waals surface area (Å²) in [6.45, 7) is 0. The van der Waals surface area contributed by atoms with E-state index in [1.807, 2.05) is 24.3 Å². The molecule has 2 heterocycles. The van der Waals surface area contributed by atoms with Crippen LogP contribution in [-0.2, 0) is 0 Å². The quantitative estimate of drug-likeness (QED) is 0.415. The van der Waals surface area contributed by atoms with Crippen molar-refractivity contribution in [3.8, 4) is 0 Å². The van der Waals surface area contributed by atoms with Gasteiger partial charge in [0.25, 0.3) is 0 Å². The highest BCUT2D eigenvalue weighted by Crippen LogP contribution is 2.20. The van der Waals surface area contributed by atoms with E-state index in [0.717, 1.165) is 10.9 Å². The van der Waals surface area contributed by atoms with Crippen LogP contribution >= 0.6 is 12.2 Å². The molecule has 0 fully saturated rings. The number of benzene rings is 1. The molecule has 1 aromatic carbocycles. The first-order valence-electron chi connectivity index (χ1n) is 5.54. The Hall–Kier alpha value is -2.61. The lowest BCUT2D eigenvalue weighted by Crippen LogP contribution is -2.20. The molecule has 0 radical (unpaired) electrons. The van der Waals surface area contributed by atoms with Gasteiger partial charge >= 0.3 is 0 Å². The van der Waals surface area contributed by atoms with Crippen molar-refractivity contribution < 1.29 is 0 Å². The lowest BCUT2D eigenvalue weighted by molar-refractivity contribution is 0.868. The Morgan fingerprint density at radius 2 is 2.16 bits per heavy atom. The first-order valence-corrected chi connectivity index (χ1v) is 5.95. The molecule has 0 saturated heterocycles. The van der Waals surface area contributed by atoms with Gasteiger partial charge in [-0.15, -0.1) is 5.10 Å². The summed E-state index contributed by atoms with van der Waals surface area (Å²) < 4.78 is 0. The van der Waals surface area contributed by atoms with Crippen molar-refractivity contribution >= 4 is 40.0 Å². The minimum atomic E-state index is 0.388. The van der Waals surface area contributed by atoms with Crippen molar-refractivity contribution in [2.45, 2.75) is 0 Å². The molecule has 3 rings (SSSR count). The number of H-pyrrole nitrogens is 1. The van der Waals surface area contributed by atoms with Gasteiger partial charge in [0.2, 0.25) is 5.95 Å². The van der Waals surface area contributed by atoms with Crippen LogP contribution in [0.3, 0.4) is 0 Å². The summed E-state index contributed by atoms with van der Waals surface area (Å²) in [7, 11) is 0. The molecule has 7 nitrogen and oxygen atoms in total. The third kappa shape index (κ3) is 2.20. The van der Waals surface area contributed by atoms with E-state index in [0.29, 0.717) is 16.9 Å². The van der Waals surface area contributed by atoms with Gasteiger partial charge in [-0.1, -0.05) is 12.1 Å². The number of nitrogen functional groups attached to an aromatic ring is 1. The molecule has 0 aliphatic rings. The van der Waals surface area contributed by atoms with Crippen LogP contribution in [0.15, 0.2) is 36.7 Å². The van der Waals surface area contributed by atoms with E-state index in [9.17, 15) is 0 Å². The number of hydrogen-bond donors (Lipinski definition) is 4. The molecule has 96 valence electrons. The molecule has 3 aromatic rings. The molecule has 0 spiro atoms. The van der Waals surface area contributed by atoms with Gasteiger partial charge in [0.15, 0.2) is 10.9 Å². The molecule has 0 bridgehead atoms. The van der Waals surface area contributed by atoms with Crippen LogP contribution in [0.1, 0.15) is 0 Å². The van der Waals surface area contributed by atoms with E-state index in [1.165, 1.54) is 4.79 Å². The number of fused-ring (bicyclic) bond motifs is 1. The van der Waals surface area contributed by atoms with Crippen molar-refractivity contribution in [2.24, 2.45) is 0 Å². The second kappa shape index (κ2) is 4.58. The SMILES string of the molecule is Nn1nc(NC(=S)Nc2ncc[nH]2)c2ccccc21. The van der Waals surface area contributed by atoms with E-state index in [1.54, 1.807) is 12.4 Å². The monoisotopic (exact) mass is 273 g/mol. The average molecular weight is 273 g/mol. The maximum absolute atomic E-state index is 5.77. The van der Waals surface area contributed by atoms with Gasteiger partial charge in [0.05, 0.1) is 5.52 Å². The van der Waals surface area contributed by atoms with Crippen LogP contribution in [0.2, 0.25) is 0 Å². The van der Waals surface area contributed by atoms with Crippen molar-refractivity contribution in [3.05, 3.63) is 36.7 Å². The van der Waals surface area contributed by atoms with Crippen molar-refractivity contribution in [2.75, 3.05) is 16.5 Å². The number of nitrogens with two attached hydrogens (primary N) is 1. The second-order valence-corrected chi connectivity index (χ2v) is 4.24. The minimum Gasteiger partial charge on any atom is -0.331 e. The van der Waals surface area contributed by atoms with Gasteiger partial charge in [0.1, 0.15) is 0 Å². The number of hydrogen-bond acceptors (Lipinski definition) is 4. The number of rotatable bonds is 2. The van der Waals surface area contributed by atoms with Gasteiger partial charge in [-0.25, -0.2) is 4.98 Å². The molecule has 0 atom stereocenters. The zero-order valence-electron chi connectivity index (χ0n) is 9.79. The number of para-hydroxylation sites is 1. The summed E-state index contributed by atoms with van der Waals surface area (Å²) in [5.74, 6) is 6.94. The van der Waals surface area contributed by atoms with Crippen LogP contribution < -0.4 is 16.5 Å². The summed E-state index contributed by atoms with van der Waals surface area (Å²) in [6.07, 6.45) is 3.34. The van der Waals surface area contributed by atoms with Crippen LogP contribution in [0.5, 0.6) is 0 Å². The molecule has 0 saturated carbocycles. The van der Waals surface area contributed by atoms with Gasteiger partial charge in [-0.05, 0) is 24.4 Å². The number of nitrogens with zero attached hydrogens (tertiary/aromatic N) is 3. The third-order valence-corrected chi connectivity index (χ3v) is 2.78. The van der Waals surface area contributed by atoms with Gasteiger partial charge < -0.3 is 21.5 Å². The fourth-order valence-corrected chi connectivity index (χ4v) is 1.95. The van der Waals surface area contributed by atoms with E-state index in [-0.39, 0.29) is 0 Å². The summed E-state index contributed by atoms with van der Waals surface area (Å²) in [5, 5.41) is 11.4. The van der Waals surface area contributed by atoms with Crippen molar-refractivity contribution in [1.82, 2.24) is 19.9 Å². The minimum absolute atomic E-state index is 0.388. The number of anilines is 2. The maximum Gasteiger partial charge on any atom is 0.206 e. The Bertz CT molecular complexity index is 716. The molecule has 19 heavy (non-hydrogen) atoms. The highest BCUT2D eigenvalue weighted by molar-refractivity contribution is 7.80. The average Bonchev–Trinajstić information content (AvgIpc) is 3.00. The van der Waals surface area contributed by atoms with Crippen LogP contribution in [0.25, 0.3) is 10.9 Å². The molecule has 0 unspecified atom stereocenters. The zero-order valence-corrected chi connectivity index (χ0v) is 10.6. The third-order valence-electron chi connectivity index (χ3n) is 2.58.